The van der Waals surface area contributed by atoms with Gasteiger partial charge in [0, 0.05) is 0 Å². The predicted molar refractivity (Wildman–Crippen MR) is 110 cm³/mol. The van der Waals surface area contributed by atoms with E-state index in [0.717, 1.165) is 0 Å². The van der Waals surface area contributed by atoms with E-state index in [-0.39, 0.29) is 23.4 Å². The summed E-state index contributed by atoms with van der Waals surface area (Å²) < 4.78 is 12.1. The van der Waals surface area contributed by atoms with Gasteiger partial charge in [-0.05, 0) is 77.6 Å². The topological polar surface area (TPSA) is 18.5 Å². The fraction of sp³-hybridized carbons (Fsp3) is 0.500. The molecule has 0 aromatic heterocycles. The van der Waals surface area contributed by atoms with Crippen molar-refractivity contribution in [2.45, 2.75) is 78.8 Å². The van der Waals surface area contributed by atoms with E-state index >= 15 is 0 Å². The molecule has 0 spiro atoms. The Morgan fingerprint density at radius 1 is 0.538 bits per heavy atom. The van der Waals surface area contributed by atoms with Crippen LogP contribution in [0, 0.1) is 0 Å². The molecule has 26 heavy (non-hydrogen) atoms. The van der Waals surface area contributed by atoms with Gasteiger partial charge in [0.25, 0.3) is 0 Å². The molecule has 2 nitrogen and oxygen atoms in total. The van der Waals surface area contributed by atoms with Gasteiger partial charge in [0.15, 0.2) is 0 Å². The smallest absolute Gasteiger partial charge is 0.0878 e. The first kappa shape index (κ1) is 20.7. The minimum atomic E-state index is -0.283. The molecule has 0 aliphatic carbocycles. The molecule has 0 fully saturated rings. The molecular formula is C24H34O2. The molecule has 0 aliphatic rings. The monoisotopic (exact) mass is 354 g/mol. The largest absolute Gasteiger partial charge is 0.368 e. The SMILES string of the molecule is CC(C)OC(C)(C)c1ccc(-c2ccc(C(C)(C)OC(C)C)cc2)cc1. The van der Waals surface area contributed by atoms with Crippen LogP contribution in [-0.4, -0.2) is 12.2 Å². The molecule has 2 rings (SSSR count). The third-order valence-corrected chi connectivity index (χ3v) is 4.55. The number of hydrogen-bond donors (Lipinski definition) is 0. The summed E-state index contributed by atoms with van der Waals surface area (Å²) in [7, 11) is 0. The van der Waals surface area contributed by atoms with Crippen molar-refractivity contribution >= 4 is 0 Å². The molecule has 0 saturated heterocycles. The molecule has 0 N–H and O–H groups in total. The first-order chi connectivity index (χ1) is 12.0. The molecule has 2 aromatic rings. The van der Waals surface area contributed by atoms with Crippen molar-refractivity contribution in [3.8, 4) is 11.1 Å². The Morgan fingerprint density at radius 2 is 0.808 bits per heavy atom. The van der Waals surface area contributed by atoms with Crippen LogP contribution in [0.25, 0.3) is 11.1 Å². The second kappa shape index (κ2) is 7.94. The van der Waals surface area contributed by atoms with Crippen molar-refractivity contribution in [2.75, 3.05) is 0 Å². The van der Waals surface area contributed by atoms with Crippen LogP contribution in [0.5, 0.6) is 0 Å². The third-order valence-electron chi connectivity index (χ3n) is 4.55. The zero-order valence-electron chi connectivity index (χ0n) is 17.6. The average Bonchev–Trinajstić information content (AvgIpc) is 2.53. The van der Waals surface area contributed by atoms with Gasteiger partial charge in [0.2, 0.25) is 0 Å². The highest BCUT2D eigenvalue weighted by molar-refractivity contribution is 5.64. The fourth-order valence-electron chi connectivity index (χ4n) is 3.44. The van der Waals surface area contributed by atoms with Gasteiger partial charge in [0.1, 0.15) is 0 Å². The van der Waals surface area contributed by atoms with Gasteiger partial charge in [-0.25, -0.2) is 0 Å². The normalized spacial score (nSPS) is 12.8. The lowest BCUT2D eigenvalue weighted by atomic mass is 9.93. The first-order valence-electron chi connectivity index (χ1n) is 9.58. The standard InChI is InChI=1S/C24H34O2/c1-17(2)25-23(5,6)21-13-9-19(10-14-21)20-11-15-22(16-12-20)24(7,8)26-18(3)4/h9-18H,1-8H3. The minimum Gasteiger partial charge on any atom is -0.368 e. The predicted octanol–water partition coefficient (Wildman–Crippen LogP) is 6.67. The Bertz CT molecular complexity index is 628. The third kappa shape index (κ3) is 5.18. The van der Waals surface area contributed by atoms with Crippen LogP contribution in [0.4, 0.5) is 0 Å². The summed E-state index contributed by atoms with van der Waals surface area (Å²) in [6.07, 6.45) is 0.405. The van der Waals surface area contributed by atoms with Crippen molar-refractivity contribution in [3.63, 3.8) is 0 Å². The second-order valence-corrected chi connectivity index (χ2v) is 8.51. The summed E-state index contributed by atoms with van der Waals surface area (Å²) in [6, 6.07) is 17.3. The van der Waals surface area contributed by atoms with Gasteiger partial charge in [-0.15, -0.1) is 0 Å². The highest BCUT2D eigenvalue weighted by Gasteiger charge is 2.23. The summed E-state index contributed by atoms with van der Waals surface area (Å²) in [4.78, 5) is 0. The van der Waals surface area contributed by atoms with E-state index in [9.17, 15) is 0 Å². The summed E-state index contributed by atoms with van der Waals surface area (Å²) in [5.74, 6) is 0. The maximum atomic E-state index is 6.04. The Labute approximate surface area is 159 Å². The van der Waals surface area contributed by atoms with E-state index < -0.39 is 0 Å². The number of benzene rings is 2. The van der Waals surface area contributed by atoms with Crippen LogP contribution < -0.4 is 0 Å². The molecule has 0 saturated carbocycles. The van der Waals surface area contributed by atoms with Crippen LogP contribution in [0.3, 0.4) is 0 Å². The summed E-state index contributed by atoms with van der Waals surface area (Å²) >= 11 is 0. The summed E-state index contributed by atoms with van der Waals surface area (Å²) in [6.45, 7) is 16.8. The zero-order chi connectivity index (χ0) is 19.5. The van der Waals surface area contributed by atoms with Gasteiger partial charge in [-0.1, -0.05) is 48.5 Å². The van der Waals surface area contributed by atoms with Crippen LogP contribution in [0.1, 0.15) is 66.5 Å². The van der Waals surface area contributed by atoms with Gasteiger partial charge in [-0.2, -0.15) is 0 Å². The van der Waals surface area contributed by atoms with E-state index in [2.05, 4.69) is 104 Å². The summed E-state index contributed by atoms with van der Waals surface area (Å²) in [5, 5.41) is 0. The molecular weight excluding hydrogens is 320 g/mol. The van der Waals surface area contributed by atoms with Crippen molar-refractivity contribution in [1.29, 1.82) is 0 Å². The molecule has 2 heteroatoms. The van der Waals surface area contributed by atoms with Crippen molar-refractivity contribution in [2.24, 2.45) is 0 Å². The fourth-order valence-corrected chi connectivity index (χ4v) is 3.44. The molecule has 142 valence electrons. The lowest BCUT2D eigenvalue weighted by Crippen LogP contribution is -2.25. The number of rotatable bonds is 7. The maximum absolute atomic E-state index is 6.04. The first-order valence-corrected chi connectivity index (χ1v) is 9.58. The molecule has 0 amide bonds. The van der Waals surface area contributed by atoms with Crippen molar-refractivity contribution in [1.82, 2.24) is 0 Å². The van der Waals surface area contributed by atoms with Crippen LogP contribution in [0.15, 0.2) is 48.5 Å². The maximum Gasteiger partial charge on any atom is 0.0878 e. The van der Waals surface area contributed by atoms with E-state index in [4.69, 9.17) is 9.47 Å². The Morgan fingerprint density at radius 3 is 1.04 bits per heavy atom. The minimum absolute atomic E-state index is 0.202. The molecule has 0 heterocycles. The molecule has 0 radical (unpaired) electrons. The van der Waals surface area contributed by atoms with Gasteiger partial charge >= 0.3 is 0 Å². The van der Waals surface area contributed by atoms with Crippen molar-refractivity contribution in [3.05, 3.63) is 59.7 Å². The Kier molecular flexibility index (Phi) is 6.31. The lowest BCUT2D eigenvalue weighted by molar-refractivity contribution is -0.0604. The highest BCUT2D eigenvalue weighted by atomic mass is 16.5. The average molecular weight is 355 g/mol. The Balaban J connectivity index is 2.19. The summed E-state index contributed by atoms with van der Waals surface area (Å²) in [5.41, 5.74) is 4.24. The molecule has 2 aromatic carbocycles. The molecule has 0 atom stereocenters. The molecule has 0 aliphatic heterocycles. The van der Waals surface area contributed by atoms with Gasteiger partial charge < -0.3 is 9.47 Å². The van der Waals surface area contributed by atoms with E-state index in [1.54, 1.807) is 0 Å². The van der Waals surface area contributed by atoms with Crippen LogP contribution >= 0.6 is 0 Å². The molecule has 0 bridgehead atoms. The van der Waals surface area contributed by atoms with Crippen LogP contribution in [-0.2, 0) is 20.7 Å². The molecule has 0 unspecified atom stereocenters. The van der Waals surface area contributed by atoms with E-state index in [0.29, 0.717) is 0 Å². The number of hydrogen-bond acceptors (Lipinski definition) is 2. The highest BCUT2D eigenvalue weighted by Crippen LogP contribution is 2.31. The zero-order valence-corrected chi connectivity index (χ0v) is 17.6. The van der Waals surface area contributed by atoms with Gasteiger partial charge in [0.05, 0.1) is 23.4 Å². The van der Waals surface area contributed by atoms with E-state index in [1.165, 1.54) is 22.3 Å². The van der Waals surface area contributed by atoms with Gasteiger partial charge in [-0.3, -0.25) is 0 Å². The van der Waals surface area contributed by atoms with Crippen LogP contribution in [0.2, 0.25) is 0 Å². The Hall–Kier alpha value is -1.64. The second-order valence-electron chi connectivity index (χ2n) is 8.51. The van der Waals surface area contributed by atoms with E-state index in [1.807, 2.05) is 0 Å². The number of ether oxygens (including phenoxy) is 2. The lowest BCUT2D eigenvalue weighted by Gasteiger charge is -2.29. The quantitative estimate of drug-likeness (QED) is 0.552. The van der Waals surface area contributed by atoms with Crippen molar-refractivity contribution < 1.29 is 9.47 Å².